The highest BCUT2D eigenvalue weighted by Crippen LogP contribution is 2.50. The molecule has 3 aromatic rings. The van der Waals surface area contributed by atoms with E-state index in [0.717, 1.165) is 47.0 Å². The van der Waals surface area contributed by atoms with Gasteiger partial charge >= 0.3 is 6.01 Å². The number of anilines is 2. The first-order chi connectivity index (χ1) is 14.6. The first-order valence-electron chi connectivity index (χ1n) is 10.1. The van der Waals surface area contributed by atoms with Crippen molar-refractivity contribution in [1.29, 1.82) is 0 Å². The summed E-state index contributed by atoms with van der Waals surface area (Å²) >= 11 is 0. The highest BCUT2D eigenvalue weighted by atomic mass is 19.1. The van der Waals surface area contributed by atoms with E-state index >= 15 is 0 Å². The lowest BCUT2D eigenvalue weighted by atomic mass is 10.0. The molecule has 3 aliphatic rings. The van der Waals surface area contributed by atoms with E-state index in [1.54, 1.807) is 31.6 Å². The van der Waals surface area contributed by atoms with Crippen LogP contribution in [0.4, 0.5) is 15.9 Å². The number of piperidine rings is 1. The van der Waals surface area contributed by atoms with Gasteiger partial charge in [-0.15, -0.1) is 0 Å². The summed E-state index contributed by atoms with van der Waals surface area (Å²) in [6.07, 6.45) is 3.91. The fourth-order valence-corrected chi connectivity index (χ4v) is 4.85. The van der Waals surface area contributed by atoms with Gasteiger partial charge in [0.15, 0.2) is 0 Å². The second-order valence-corrected chi connectivity index (χ2v) is 8.16. The molecule has 7 nitrogen and oxygen atoms in total. The Kier molecular flexibility index (Phi) is 3.73. The molecule has 1 aliphatic heterocycles. The van der Waals surface area contributed by atoms with Crippen LogP contribution in [0.1, 0.15) is 11.3 Å². The lowest BCUT2D eigenvalue weighted by Gasteiger charge is -2.23. The highest BCUT2D eigenvalue weighted by molar-refractivity contribution is 5.88. The predicted octanol–water partition coefficient (Wildman–Crippen LogP) is 2.81. The topological polar surface area (TPSA) is 89.2 Å². The lowest BCUT2D eigenvalue weighted by Crippen LogP contribution is -2.29. The molecule has 2 atom stereocenters. The lowest BCUT2D eigenvalue weighted by molar-refractivity contribution is 0.438. The quantitative estimate of drug-likeness (QED) is 0.541. The normalized spacial score (nSPS) is 23.0. The van der Waals surface area contributed by atoms with Gasteiger partial charge in [0.25, 0.3) is 0 Å². The minimum atomic E-state index is -0.279. The Bertz CT molecular complexity index is 1140. The molecule has 3 N–H and O–H groups in total. The third-order valence-electron chi connectivity index (χ3n) is 6.45. The number of nitrogens with two attached hydrogens (primary N) is 1. The standard InChI is InChI=1S/C22H21FN6O/c1-25-17-6-11(23)5-14-13(17)7-18-19(14)21(29-9-15-16(10-29)20(15)24)28-22(27-18)30-12-3-2-4-26-8-12/h2-6,8,15-16,20,25H,7,9-10,24H2,1H3. The Balaban J connectivity index is 1.47. The van der Waals surface area contributed by atoms with E-state index in [9.17, 15) is 4.39 Å². The zero-order valence-electron chi connectivity index (χ0n) is 16.5. The molecule has 2 aliphatic carbocycles. The maximum Gasteiger partial charge on any atom is 0.324 e. The minimum absolute atomic E-state index is 0.279. The van der Waals surface area contributed by atoms with Crippen LogP contribution in [-0.4, -0.2) is 41.1 Å². The number of halogens is 1. The summed E-state index contributed by atoms with van der Waals surface area (Å²) in [4.78, 5) is 15.8. The van der Waals surface area contributed by atoms with E-state index in [2.05, 4.69) is 20.2 Å². The maximum absolute atomic E-state index is 14.4. The number of fused-ring (bicyclic) bond motifs is 4. The number of hydrogen-bond acceptors (Lipinski definition) is 7. The fourth-order valence-electron chi connectivity index (χ4n) is 4.85. The van der Waals surface area contributed by atoms with Crippen molar-refractivity contribution < 1.29 is 9.13 Å². The van der Waals surface area contributed by atoms with E-state index in [0.29, 0.717) is 24.0 Å². The van der Waals surface area contributed by atoms with Gasteiger partial charge in [0.1, 0.15) is 17.4 Å². The predicted molar refractivity (Wildman–Crippen MR) is 111 cm³/mol. The van der Waals surface area contributed by atoms with Crippen LogP contribution in [0.5, 0.6) is 11.8 Å². The van der Waals surface area contributed by atoms with Gasteiger partial charge in [-0.1, -0.05) is 0 Å². The van der Waals surface area contributed by atoms with Crippen LogP contribution in [-0.2, 0) is 6.42 Å². The van der Waals surface area contributed by atoms with Crippen molar-refractivity contribution in [3.63, 3.8) is 0 Å². The molecule has 8 heteroatoms. The summed E-state index contributed by atoms with van der Waals surface area (Å²) < 4.78 is 20.3. The van der Waals surface area contributed by atoms with Gasteiger partial charge in [-0.25, -0.2) is 4.39 Å². The van der Waals surface area contributed by atoms with Crippen LogP contribution in [0.15, 0.2) is 36.7 Å². The number of ether oxygens (including phenoxy) is 1. The Morgan fingerprint density at radius 2 is 2.07 bits per heavy atom. The molecule has 152 valence electrons. The maximum atomic E-state index is 14.4. The van der Waals surface area contributed by atoms with Crippen LogP contribution in [0.25, 0.3) is 11.1 Å². The summed E-state index contributed by atoms with van der Waals surface area (Å²) in [6.45, 7) is 1.70. The van der Waals surface area contributed by atoms with Crippen LogP contribution < -0.4 is 20.7 Å². The molecule has 0 amide bonds. The van der Waals surface area contributed by atoms with Crippen molar-refractivity contribution in [3.05, 3.63) is 53.7 Å². The van der Waals surface area contributed by atoms with Crippen LogP contribution in [0.2, 0.25) is 0 Å². The summed E-state index contributed by atoms with van der Waals surface area (Å²) in [5, 5.41) is 3.11. The van der Waals surface area contributed by atoms with Gasteiger partial charge in [-0.2, -0.15) is 9.97 Å². The van der Waals surface area contributed by atoms with Gasteiger partial charge in [0.05, 0.1) is 11.9 Å². The second kappa shape index (κ2) is 6.37. The van der Waals surface area contributed by atoms with Crippen molar-refractivity contribution in [2.45, 2.75) is 12.5 Å². The highest BCUT2D eigenvalue weighted by Gasteiger charge is 2.54. The number of nitrogens with zero attached hydrogens (tertiary/aromatic N) is 4. The van der Waals surface area contributed by atoms with E-state index in [1.165, 1.54) is 6.07 Å². The summed E-state index contributed by atoms with van der Waals surface area (Å²) in [5.41, 5.74) is 10.5. The van der Waals surface area contributed by atoms with Crippen molar-refractivity contribution in [2.24, 2.45) is 17.6 Å². The monoisotopic (exact) mass is 404 g/mol. The molecule has 1 saturated heterocycles. The molecular weight excluding hydrogens is 383 g/mol. The first kappa shape index (κ1) is 17.6. The average molecular weight is 404 g/mol. The van der Waals surface area contributed by atoms with Gasteiger partial charge in [-0.3, -0.25) is 4.98 Å². The molecule has 30 heavy (non-hydrogen) atoms. The third-order valence-corrected chi connectivity index (χ3v) is 6.45. The number of benzene rings is 1. The third kappa shape index (κ3) is 2.64. The zero-order chi connectivity index (χ0) is 20.4. The zero-order valence-corrected chi connectivity index (χ0v) is 16.5. The fraction of sp³-hybridized carbons (Fsp3) is 0.318. The van der Waals surface area contributed by atoms with Crippen molar-refractivity contribution in [1.82, 2.24) is 15.0 Å². The van der Waals surface area contributed by atoms with E-state index in [4.69, 9.17) is 15.5 Å². The number of nitrogens with one attached hydrogen (secondary N) is 1. The van der Waals surface area contributed by atoms with Crippen LogP contribution in [0.3, 0.4) is 0 Å². The summed E-state index contributed by atoms with van der Waals surface area (Å²) in [6, 6.07) is 7.28. The number of hydrogen-bond donors (Lipinski definition) is 2. The molecule has 0 bridgehead atoms. The van der Waals surface area contributed by atoms with Gasteiger partial charge < -0.3 is 20.7 Å². The Hall–Kier alpha value is -3.26. The van der Waals surface area contributed by atoms with Gasteiger partial charge in [-0.05, 0) is 47.2 Å². The van der Waals surface area contributed by atoms with Gasteiger partial charge in [0.2, 0.25) is 0 Å². The molecular formula is C22H21FN6O. The minimum Gasteiger partial charge on any atom is -0.423 e. The molecule has 1 saturated carbocycles. The molecule has 0 radical (unpaired) electrons. The smallest absolute Gasteiger partial charge is 0.324 e. The van der Waals surface area contributed by atoms with Crippen molar-refractivity contribution in [3.8, 4) is 22.9 Å². The molecule has 6 rings (SSSR count). The van der Waals surface area contributed by atoms with Crippen LogP contribution >= 0.6 is 0 Å². The Morgan fingerprint density at radius 3 is 2.80 bits per heavy atom. The number of aromatic nitrogens is 3. The van der Waals surface area contributed by atoms with Crippen molar-refractivity contribution in [2.75, 3.05) is 30.4 Å². The Labute approximate surface area is 173 Å². The molecule has 2 fully saturated rings. The number of rotatable bonds is 4. The summed E-state index contributed by atoms with van der Waals surface area (Å²) in [7, 11) is 1.80. The van der Waals surface area contributed by atoms with E-state index < -0.39 is 0 Å². The summed E-state index contributed by atoms with van der Waals surface area (Å²) in [5.74, 6) is 2.09. The van der Waals surface area contributed by atoms with Gasteiger partial charge in [0, 0.05) is 50.0 Å². The molecule has 2 unspecified atom stereocenters. The number of pyridine rings is 1. The second-order valence-electron chi connectivity index (χ2n) is 8.16. The van der Waals surface area contributed by atoms with Crippen molar-refractivity contribution >= 4 is 11.5 Å². The Morgan fingerprint density at radius 1 is 1.23 bits per heavy atom. The van der Waals surface area contributed by atoms with E-state index in [-0.39, 0.29) is 17.9 Å². The molecule has 2 aromatic heterocycles. The first-order valence-corrected chi connectivity index (χ1v) is 10.1. The largest absolute Gasteiger partial charge is 0.423 e. The average Bonchev–Trinajstić information content (AvgIpc) is 3.11. The molecule has 0 spiro atoms. The SMILES string of the molecule is CNc1cc(F)cc2c1Cc1nc(Oc3cccnc3)nc(N3CC4C(N)C4C3)c1-2. The van der Waals surface area contributed by atoms with Crippen LogP contribution in [0, 0.1) is 17.7 Å². The molecule has 1 aromatic carbocycles. The molecule has 3 heterocycles. The van der Waals surface area contributed by atoms with E-state index in [1.807, 2.05) is 6.07 Å².